The summed E-state index contributed by atoms with van der Waals surface area (Å²) in [4.78, 5) is 18.9. The molecule has 0 radical (unpaired) electrons. The Kier molecular flexibility index (Phi) is 2.67. The van der Waals surface area contributed by atoms with Gasteiger partial charge in [0.2, 0.25) is 0 Å². The van der Waals surface area contributed by atoms with E-state index < -0.39 is 0 Å². The first-order valence-corrected chi connectivity index (χ1v) is 6.80. The minimum Gasteiger partial charge on any atom is -0.319 e. The molecule has 0 spiro atoms. The number of halogens is 1. The van der Waals surface area contributed by atoms with Crippen LogP contribution in [0.15, 0.2) is 35.1 Å². The van der Waals surface area contributed by atoms with Gasteiger partial charge in [0.05, 0.1) is 11.0 Å². The molecule has 1 aromatic heterocycles. The molecule has 1 heterocycles. The van der Waals surface area contributed by atoms with E-state index in [4.69, 9.17) is 0 Å². The third-order valence-corrected chi connectivity index (χ3v) is 3.71. The smallest absolute Gasteiger partial charge is 0.269 e. The zero-order chi connectivity index (χ0) is 12.7. The van der Waals surface area contributed by atoms with E-state index in [0.29, 0.717) is 5.69 Å². The standard InChI is InChI=1S/C14H11BrN2O/c1-8-14(18)17-12-6-9(7-15)10-4-2-3-5-11(10)13(12)16-8/h2-6H,7H2,1H3,(H,17,18). The van der Waals surface area contributed by atoms with Crippen molar-refractivity contribution >= 4 is 37.7 Å². The molecule has 18 heavy (non-hydrogen) atoms. The maximum Gasteiger partial charge on any atom is 0.269 e. The van der Waals surface area contributed by atoms with Crippen molar-refractivity contribution in [3.8, 4) is 0 Å². The molecule has 0 unspecified atom stereocenters. The summed E-state index contributed by atoms with van der Waals surface area (Å²) in [6.45, 7) is 1.73. The summed E-state index contributed by atoms with van der Waals surface area (Å²) in [6.07, 6.45) is 0. The quantitative estimate of drug-likeness (QED) is 0.554. The van der Waals surface area contributed by atoms with Gasteiger partial charge < -0.3 is 4.98 Å². The summed E-state index contributed by atoms with van der Waals surface area (Å²) >= 11 is 3.48. The van der Waals surface area contributed by atoms with E-state index in [0.717, 1.165) is 27.3 Å². The molecule has 90 valence electrons. The molecule has 0 atom stereocenters. The molecule has 0 saturated heterocycles. The van der Waals surface area contributed by atoms with E-state index in [1.54, 1.807) is 6.92 Å². The van der Waals surface area contributed by atoms with Gasteiger partial charge in [-0.05, 0) is 23.9 Å². The third-order valence-electron chi connectivity index (χ3n) is 3.10. The van der Waals surface area contributed by atoms with Gasteiger partial charge in [-0.15, -0.1) is 0 Å². The lowest BCUT2D eigenvalue weighted by atomic mass is 10.0. The van der Waals surface area contributed by atoms with Crippen LogP contribution in [0.4, 0.5) is 0 Å². The maximum absolute atomic E-state index is 11.6. The highest BCUT2D eigenvalue weighted by molar-refractivity contribution is 9.08. The predicted octanol–water partition coefficient (Wildman–Crippen LogP) is 3.28. The molecular formula is C14H11BrN2O. The fourth-order valence-electron chi connectivity index (χ4n) is 2.19. The summed E-state index contributed by atoms with van der Waals surface area (Å²) in [5, 5.41) is 2.99. The van der Waals surface area contributed by atoms with Crippen LogP contribution >= 0.6 is 15.9 Å². The van der Waals surface area contributed by atoms with E-state index in [2.05, 4.69) is 32.0 Å². The molecule has 2 aromatic carbocycles. The molecule has 0 bridgehead atoms. The Morgan fingerprint density at radius 3 is 2.72 bits per heavy atom. The number of aryl methyl sites for hydroxylation is 1. The highest BCUT2D eigenvalue weighted by Crippen LogP contribution is 2.27. The molecular weight excluding hydrogens is 292 g/mol. The predicted molar refractivity (Wildman–Crippen MR) is 77.2 cm³/mol. The molecule has 3 rings (SSSR count). The Morgan fingerprint density at radius 2 is 2.00 bits per heavy atom. The van der Waals surface area contributed by atoms with E-state index >= 15 is 0 Å². The average Bonchev–Trinajstić information content (AvgIpc) is 2.40. The van der Waals surface area contributed by atoms with Crippen LogP contribution in [0.3, 0.4) is 0 Å². The molecule has 1 N–H and O–H groups in total. The Morgan fingerprint density at radius 1 is 1.28 bits per heavy atom. The number of fused-ring (bicyclic) bond motifs is 3. The van der Waals surface area contributed by atoms with Gasteiger partial charge in [-0.25, -0.2) is 4.98 Å². The van der Waals surface area contributed by atoms with Crippen molar-refractivity contribution in [1.82, 2.24) is 9.97 Å². The molecule has 0 amide bonds. The Balaban J connectivity index is 2.59. The van der Waals surface area contributed by atoms with Crippen LogP contribution in [0.25, 0.3) is 21.8 Å². The highest BCUT2D eigenvalue weighted by atomic mass is 79.9. The second-order valence-corrected chi connectivity index (χ2v) is 4.82. The normalized spacial score (nSPS) is 11.2. The largest absolute Gasteiger partial charge is 0.319 e. The van der Waals surface area contributed by atoms with Gasteiger partial charge in [-0.3, -0.25) is 4.79 Å². The third kappa shape index (κ3) is 1.64. The summed E-state index contributed by atoms with van der Waals surface area (Å²) in [7, 11) is 0. The van der Waals surface area contributed by atoms with Crippen molar-refractivity contribution in [3.63, 3.8) is 0 Å². The van der Waals surface area contributed by atoms with Crippen molar-refractivity contribution in [2.24, 2.45) is 0 Å². The van der Waals surface area contributed by atoms with Crippen LogP contribution in [0, 0.1) is 6.92 Å². The van der Waals surface area contributed by atoms with Crippen LogP contribution in [-0.4, -0.2) is 9.97 Å². The van der Waals surface area contributed by atoms with Gasteiger partial charge in [0.25, 0.3) is 5.56 Å². The minimum atomic E-state index is -0.127. The number of alkyl halides is 1. The number of aromatic amines is 1. The molecule has 0 aliphatic rings. The first-order valence-electron chi connectivity index (χ1n) is 5.68. The molecule has 0 aliphatic heterocycles. The van der Waals surface area contributed by atoms with Crippen molar-refractivity contribution < 1.29 is 0 Å². The summed E-state index contributed by atoms with van der Waals surface area (Å²) in [5.41, 5.74) is 3.17. The zero-order valence-corrected chi connectivity index (χ0v) is 11.4. The van der Waals surface area contributed by atoms with E-state index in [1.807, 2.05) is 24.3 Å². The lowest BCUT2D eigenvalue weighted by molar-refractivity contribution is 1.12. The number of hydrogen-bond acceptors (Lipinski definition) is 2. The monoisotopic (exact) mass is 302 g/mol. The van der Waals surface area contributed by atoms with E-state index in [1.165, 1.54) is 5.39 Å². The van der Waals surface area contributed by atoms with Crippen LogP contribution in [-0.2, 0) is 5.33 Å². The Bertz CT molecular complexity index is 808. The SMILES string of the molecule is Cc1nc2c(cc(CBr)c3ccccc32)[nH]c1=O. The highest BCUT2D eigenvalue weighted by Gasteiger charge is 2.08. The number of nitrogens with zero attached hydrogens (tertiary/aromatic N) is 1. The Labute approximate surface area is 112 Å². The second-order valence-electron chi connectivity index (χ2n) is 4.26. The van der Waals surface area contributed by atoms with Gasteiger partial charge in [0.1, 0.15) is 5.69 Å². The first-order chi connectivity index (χ1) is 8.70. The summed E-state index contributed by atoms with van der Waals surface area (Å²) in [6, 6.07) is 10.1. The number of rotatable bonds is 1. The molecule has 3 aromatic rings. The van der Waals surface area contributed by atoms with Gasteiger partial charge in [0.15, 0.2) is 0 Å². The number of H-pyrrole nitrogens is 1. The lowest BCUT2D eigenvalue weighted by Gasteiger charge is -2.08. The minimum absolute atomic E-state index is 0.127. The molecule has 0 aliphatic carbocycles. The van der Waals surface area contributed by atoms with Crippen LogP contribution in [0.1, 0.15) is 11.3 Å². The van der Waals surface area contributed by atoms with Crippen molar-refractivity contribution in [1.29, 1.82) is 0 Å². The second kappa shape index (κ2) is 4.21. The van der Waals surface area contributed by atoms with Crippen LogP contribution < -0.4 is 5.56 Å². The first kappa shape index (κ1) is 11.4. The number of nitrogens with one attached hydrogen (secondary N) is 1. The zero-order valence-electron chi connectivity index (χ0n) is 9.83. The number of aromatic nitrogens is 2. The van der Waals surface area contributed by atoms with Crippen LogP contribution in [0.5, 0.6) is 0 Å². The molecule has 3 nitrogen and oxygen atoms in total. The van der Waals surface area contributed by atoms with Crippen molar-refractivity contribution in [2.45, 2.75) is 12.3 Å². The van der Waals surface area contributed by atoms with Gasteiger partial charge >= 0.3 is 0 Å². The average molecular weight is 303 g/mol. The van der Waals surface area contributed by atoms with Gasteiger partial charge in [-0.2, -0.15) is 0 Å². The fraction of sp³-hybridized carbons (Fsp3) is 0.143. The molecule has 0 fully saturated rings. The van der Waals surface area contributed by atoms with Crippen molar-refractivity contribution in [3.05, 3.63) is 51.9 Å². The summed E-state index contributed by atoms with van der Waals surface area (Å²) in [5.74, 6) is 0. The number of benzene rings is 2. The molecule has 0 saturated carbocycles. The van der Waals surface area contributed by atoms with Gasteiger partial charge in [-0.1, -0.05) is 40.2 Å². The Hall–Kier alpha value is -1.68. The van der Waals surface area contributed by atoms with Crippen molar-refractivity contribution in [2.75, 3.05) is 0 Å². The topological polar surface area (TPSA) is 45.8 Å². The molecule has 4 heteroatoms. The number of hydrogen-bond donors (Lipinski definition) is 1. The van der Waals surface area contributed by atoms with E-state index in [-0.39, 0.29) is 5.56 Å². The lowest BCUT2D eigenvalue weighted by Crippen LogP contribution is -2.11. The summed E-state index contributed by atoms with van der Waals surface area (Å²) < 4.78 is 0. The maximum atomic E-state index is 11.6. The van der Waals surface area contributed by atoms with Gasteiger partial charge in [0, 0.05) is 10.7 Å². The van der Waals surface area contributed by atoms with E-state index in [9.17, 15) is 4.79 Å². The fourth-order valence-corrected chi connectivity index (χ4v) is 2.66. The van der Waals surface area contributed by atoms with Crippen LogP contribution in [0.2, 0.25) is 0 Å².